The van der Waals surface area contributed by atoms with Crippen LogP contribution >= 0.6 is 11.3 Å². The van der Waals surface area contributed by atoms with Gasteiger partial charge in [-0.25, -0.2) is 0 Å². The van der Waals surface area contributed by atoms with Gasteiger partial charge in [0.15, 0.2) is 5.96 Å². The molecule has 2 N–H and O–H groups in total. The fraction of sp³-hybridized carbons (Fsp3) is 0.450. The molecule has 136 valence electrons. The van der Waals surface area contributed by atoms with Crippen LogP contribution in [-0.2, 0) is 19.5 Å². The van der Waals surface area contributed by atoms with Gasteiger partial charge in [0.05, 0.1) is 0 Å². The molecular weight excluding hydrogens is 328 g/mol. The Morgan fingerprint density at radius 3 is 2.36 bits per heavy atom. The summed E-state index contributed by atoms with van der Waals surface area (Å²) in [6, 6.07) is 13.5. The van der Waals surface area contributed by atoms with Crippen LogP contribution in [0.25, 0.3) is 0 Å². The second-order valence-corrected chi connectivity index (χ2v) is 8.11. The highest BCUT2D eigenvalue weighted by molar-refractivity contribution is 7.11. The van der Waals surface area contributed by atoms with Crippen LogP contribution in [0.4, 0.5) is 0 Å². The van der Waals surface area contributed by atoms with E-state index in [-0.39, 0.29) is 0 Å². The van der Waals surface area contributed by atoms with Gasteiger partial charge in [-0.2, -0.15) is 0 Å². The lowest BCUT2D eigenvalue weighted by molar-refractivity contribution is 0.402. The number of hydrogen-bond acceptors (Lipinski definition) is 3. The predicted octanol–water partition coefficient (Wildman–Crippen LogP) is 3.41. The minimum atomic E-state index is 0.340. The Morgan fingerprint density at radius 1 is 1.12 bits per heavy atom. The highest BCUT2D eigenvalue weighted by atomic mass is 32.1. The van der Waals surface area contributed by atoms with E-state index in [1.54, 1.807) is 0 Å². The number of rotatable bonds is 7. The molecule has 0 spiro atoms. The molecule has 1 aromatic heterocycles. The molecule has 0 radical (unpaired) electrons. The van der Waals surface area contributed by atoms with E-state index < -0.39 is 0 Å². The molecule has 2 rings (SSSR count). The van der Waals surface area contributed by atoms with E-state index in [0.29, 0.717) is 6.04 Å². The average Bonchev–Trinajstić information content (AvgIpc) is 2.97. The topological polar surface area (TPSA) is 39.7 Å². The first kappa shape index (κ1) is 19.5. The maximum atomic E-state index is 4.34. The summed E-state index contributed by atoms with van der Waals surface area (Å²) in [5, 5.41) is 6.87. The number of aryl methyl sites for hydroxylation is 1. The van der Waals surface area contributed by atoms with E-state index in [0.717, 1.165) is 25.5 Å². The highest BCUT2D eigenvalue weighted by Crippen LogP contribution is 2.16. The van der Waals surface area contributed by atoms with Gasteiger partial charge < -0.3 is 15.5 Å². The number of nitrogens with one attached hydrogen (secondary N) is 2. The van der Waals surface area contributed by atoms with E-state index in [9.17, 15) is 0 Å². The number of nitrogens with zero attached hydrogens (tertiary/aromatic N) is 2. The maximum absolute atomic E-state index is 4.34. The summed E-state index contributed by atoms with van der Waals surface area (Å²) in [6.45, 7) is 6.08. The Balaban J connectivity index is 1.81. The average molecular weight is 359 g/mol. The quantitative estimate of drug-likeness (QED) is 0.588. The Kier molecular flexibility index (Phi) is 7.47. The van der Waals surface area contributed by atoms with Crippen LogP contribution in [0.5, 0.6) is 0 Å². The summed E-state index contributed by atoms with van der Waals surface area (Å²) >= 11 is 1.86. The van der Waals surface area contributed by atoms with Gasteiger partial charge in [-0.05, 0) is 51.2 Å². The molecule has 0 aliphatic rings. The molecule has 0 saturated carbocycles. The van der Waals surface area contributed by atoms with E-state index in [4.69, 9.17) is 0 Å². The summed E-state index contributed by atoms with van der Waals surface area (Å²) in [4.78, 5) is 9.28. The molecule has 0 aliphatic heterocycles. The maximum Gasteiger partial charge on any atom is 0.191 e. The Morgan fingerprint density at radius 2 is 1.80 bits per heavy atom. The van der Waals surface area contributed by atoms with Crippen LogP contribution in [0, 0.1) is 6.92 Å². The molecule has 1 unspecified atom stereocenters. The van der Waals surface area contributed by atoms with Crippen molar-refractivity contribution in [3.8, 4) is 0 Å². The summed E-state index contributed by atoms with van der Waals surface area (Å²) in [5.74, 6) is 0.846. The summed E-state index contributed by atoms with van der Waals surface area (Å²) in [6.07, 6.45) is 1.01. The normalized spacial score (nSPS) is 13.1. The van der Waals surface area contributed by atoms with Crippen molar-refractivity contribution in [3.05, 3.63) is 57.3 Å². The van der Waals surface area contributed by atoms with Crippen molar-refractivity contribution in [2.45, 2.75) is 39.4 Å². The molecule has 1 aromatic carbocycles. The van der Waals surface area contributed by atoms with Crippen molar-refractivity contribution in [3.63, 3.8) is 0 Å². The first-order valence-electron chi connectivity index (χ1n) is 8.71. The number of aliphatic imine (C=N–C) groups is 1. The van der Waals surface area contributed by atoms with Gasteiger partial charge in [-0.15, -0.1) is 11.3 Å². The minimum Gasteiger partial charge on any atom is -0.354 e. The lowest BCUT2D eigenvalue weighted by Crippen LogP contribution is -2.42. The third kappa shape index (κ3) is 6.88. The van der Waals surface area contributed by atoms with Crippen molar-refractivity contribution >= 4 is 17.3 Å². The van der Waals surface area contributed by atoms with Gasteiger partial charge in [0.2, 0.25) is 0 Å². The minimum absolute atomic E-state index is 0.340. The third-order valence-electron chi connectivity index (χ3n) is 3.89. The first-order chi connectivity index (χ1) is 12.0. The van der Waals surface area contributed by atoms with E-state index in [1.807, 2.05) is 18.4 Å². The molecule has 2 aromatic rings. The van der Waals surface area contributed by atoms with Crippen molar-refractivity contribution in [1.82, 2.24) is 15.5 Å². The molecule has 0 aliphatic carbocycles. The summed E-state index contributed by atoms with van der Waals surface area (Å²) in [7, 11) is 5.99. The van der Waals surface area contributed by atoms with Crippen molar-refractivity contribution < 1.29 is 0 Å². The van der Waals surface area contributed by atoms with Gasteiger partial charge in [0.25, 0.3) is 0 Å². The molecular formula is C20H30N4S. The van der Waals surface area contributed by atoms with E-state index in [1.165, 1.54) is 20.9 Å². The molecule has 0 bridgehead atoms. The standard InChI is InChI=1S/C20H30N4S/c1-15(12-19-11-6-16(2)25-19)23-20(21-3)22-13-17-7-9-18(10-8-17)14-24(4)5/h6-11,15H,12-14H2,1-5H3,(H2,21,22,23). The molecule has 0 saturated heterocycles. The van der Waals surface area contributed by atoms with Crippen LogP contribution in [0.2, 0.25) is 0 Å². The third-order valence-corrected chi connectivity index (χ3v) is 4.91. The zero-order valence-corrected chi connectivity index (χ0v) is 16.8. The van der Waals surface area contributed by atoms with Gasteiger partial charge >= 0.3 is 0 Å². The monoisotopic (exact) mass is 358 g/mol. The predicted molar refractivity (Wildman–Crippen MR) is 109 cm³/mol. The summed E-state index contributed by atoms with van der Waals surface area (Å²) < 4.78 is 0. The van der Waals surface area contributed by atoms with Gasteiger partial charge in [-0.1, -0.05) is 24.3 Å². The molecule has 0 amide bonds. The number of thiophene rings is 1. The van der Waals surface area contributed by atoms with Crippen LogP contribution in [0.15, 0.2) is 41.4 Å². The largest absolute Gasteiger partial charge is 0.354 e. The number of guanidine groups is 1. The van der Waals surface area contributed by atoms with Crippen LogP contribution in [0.1, 0.15) is 27.8 Å². The van der Waals surface area contributed by atoms with E-state index in [2.05, 4.69) is 84.9 Å². The molecule has 4 nitrogen and oxygen atoms in total. The van der Waals surface area contributed by atoms with Crippen LogP contribution in [0.3, 0.4) is 0 Å². The molecule has 1 atom stereocenters. The van der Waals surface area contributed by atoms with E-state index >= 15 is 0 Å². The second kappa shape index (κ2) is 9.59. The molecule has 25 heavy (non-hydrogen) atoms. The zero-order chi connectivity index (χ0) is 18.2. The van der Waals surface area contributed by atoms with Crippen LogP contribution < -0.4 is 10.6 Å². The van der Waals surface area contributed by atoms with Crippen LogP contribution in [-0.4, -0.2) is 38.0 Å². The highest BCUT2D eigenvalue weighted by Gasteiger charge is 2.08. The fourth-order valence-corrected chi connectivity index (χ4v) is 3.71. The smallest absolute Gasteiger partial charge is 0.191 e. The summed E-state index contributed by atoms with van der Waals surface area (Å²) in [5.41, 5.74) is 2.59. The van der Waals surface area contributed by atoms with Gasteiger partial charge in [0, 0.05) is 42.4 Å². The number of benzene rings is 1. The Labute approximate surface area is 156 Å². The SMILES string of the molecule is CN=C(NCc1ccc(CN(C)C)cc1)NC(C)Cc1ccc(C)s1. The van der Waals surface area contributed by atoms with Crippen molar-refractivity contribution in [2.24, 2.45) is 4.99 Å². The molecule has 0 fully saturated rings. The first-order valence-corrected chi connectivity index (χ1v) is 9.53. The Bertz CT molecular complexity index is 673. The van der Waals surface area contributed by atoms with Crippen molar-refractivity contribution in [1.29, 1.82) is 0 Å². The lowest BCUT2D eigenvalue weighted by atomic mass is 10.1. The zero-order valence-electron chi connectivity index (χ0n) is 16.0. The molecule has 1 heterocycles. The fourth-order valence-electron chi connectivity index (χ4n) is 2.69. The Hall–Kier alpha value is -1.85. The van der Waals surface area contributed by atoms with Gasteiger partial charge in [-0.3, -0.25) is 4.99 Å². The lowest BCUT2D eigenvalue weighted by Gasteiger charge is -2.17. The number of hydrogen-bond donors (Lipinski definition) is 2. The second-order valence-electron chi connectivity index (χ2n) is 6.74. The van der Waals surface area contributed by atoms with Crippen molar-refractivity contribution in [2.75, 3.05) is 21.1 Å². The molecule has 5 heteroatoms. The van der Waals surface area contributed by atoms with Gasteiger partial charge in [0.1, 0.15) is 0 Å².